The topological polar surface area (TPSA) is 66.8 Å². The lowest BCUT2D eigenvalue weighted by molar-refractivity contribution is -0.124. The van der Waals surface area contributed by atoms with Crippen molar-refractivity contribution in [3.63, 3.8) is 0 Å². The van der Waals surface area contributed by atoms with Gasteiger partial charge in [-0.2, -0.15) is 4.99 Å². The van der Waals surface area contributed by atoms with Gasteiger partial charge in [0.05, 0.1) is 17.5 Å². The molecule has 2 heterocycles. The van der Waals surface area contributed by atoms with Gasteiger partial charge in [-0.15, -0.1) is 0 Å². The molecule has 0 radical (unpaired) electrons. The maximum absolute atomic E-state index is 12.5. The molecule has 2 saturated heterocycles. The number of thioether (sulfide) groups is 1. The summed E-state index contributed by atoms with van der Waals surface area (Å²) in [7, 11) is -3.05. The number of aryl methyl sites for hydroxylation is 2. The highest BCUT2D eigenvalue weighted by atomic mass is 32.2. The molecule has 25 heavy (non-hydrogen) atoms. The fraction of sp³-hybridized carbons (Fsp3) is 0.556. The number of nitrogens with zero attached hydrogens (tertiary/aromatic N) is 2. The lowest BCUT2D eigenvalue weighted by atomic mass is 9.96. The third kappa shape index (κ3) is 3.62. The van der Waals surface area contributed by atoms with E-state index >= 15 is 0 Å². The van der Waals surface area contributed by atoms with Crippen molar-refractivity contribution in [2.75, 3.05) is 16.4 Å². The van der Waals surface area contributed by atoms with Crippen LogP contribution in [0.1, 0.15) is 31.9 Å². The Morgan fingerprint density at radius 2 is 1.92 bits per heavy atom. The van der Waals surface area contributed by atoms with Crippen LogP contribution < -0.4 is 4.90 Å². The molecule has 0 spiro atoms. The van der Waals surface area contributed by atoms with Crippen molar-refractivity contribution in [2.24, 2.45) is 10.4 Å². The van der Waals surface area contributed by atoms with Crippen LogP contribution in [0.5, 0.6) is 0 Å². The van der Waals surface area contributed by atoms with Gasteiger partial charge in [-0.25, -0.2) is 8.42 Å². The van der Waals surface area contributed by atoms with E-state index in [1.54, 1.807) is 0 Å². The predicted molar refractivity (Wildman–Crippen MR) is 104 cm³/mol. The number of anilines is 1. The van der Waals surface area contributed by atoms with E-state index in [1.807, 2.05) is 57.7 Å². The van der Waals surface area contributed by atoms with Crippen LogP contribution in [0.25, 0.3) is 0 Å². The number of hydrogen-bond donors (Lipinski definition) is 0. The molecule has 0 saturated carbocycles. The Morgan fingerprint density at radius 3 is 2.56 bits per heavy atom. The van der Waals surface area contributed by atoms with E-state index in [0.29, 0.717) is 5.17 Å². The molecule has 5 nitrogen and oxygen atoms in total. The van der Waals surface area contributed by atoms with E-state index in [-0.39, 0.29) is 28.7 Å². The van der Waals surface area contributed by atoms with Crippen LogP contribution in [0, 0.1) is 19.3 Å². The van der Waals surface area contributed by atoms with Gasteiger partial charge in [0.1, 0.15) is 0 Å². The number of benzene rings is 1. The number of sulfone groups is 1. The van der Waals surface area contributed by atoms with Crippen molar-refractivity contribution >= 4 is 38.4 Å². The number of hydrogen-bond acceptors (Lipinski definition) is 4. The van der Waals surface area contributed by atoms with Gasteiger partial charge in [0.25, 0.3) is 5.91 Å². The quantitative estimate of drug-likeness (QED) is 0.749. The molecule has 0 bridgehead atoms. The lowest BCUT2D eigenvalue weighted by Crippen LogP contribution is -2.38. The monoisotopic (exact) mass is 380 g/mol. The minimum Gasteiger partial charge on any atom is -0.315 e. The second kappa shape index (κ2) is 6.13. The smallest absolute Gasteiger partial charge is 0.253 e. The summed E-state index contributed by atoms with van der Waals surface area (Å²) in [6.07, 6.45) is 0. The van der Waals surface area contributed by atoms with Gasteiger partial charge in [0.2, 0.25) is 0 Å². The molecule has 2 aliphatic heterocycles. The van der Waals surface area contributed by atoms with E-state index in [1.165, 1.54) is 11.8 Å². The lowest BCUT2D eigenvalue weighted by Gasteiger charge is -2.27. The Balaban J connectivity index is 2.09. The molecule has 136 valence electrons. The number of carbonyl (C=O) groups is 1. The normalized spacial score (nSPS) is 26.9. The summed E-state index contributed by atoms with van der Waals surface area (Å²) < 4.78 is 24.2. The van der Waals surface area contributed by atoms with E-state index < -0.39 is 15.3 Å². The number of rotatable bonds is 1. The molecule has 2 aliphatic rings. The van der Waals surface area contributed by atoms with Gasteiger partial charge in [-0.3, -0.25) is 4.79 Å². The van der Waals surface area contributed by atoms with Gasteiger partial charge in [-0.1, -0.05) is 44.7 Å². The predicted octanol–water partition coefficient (Wildman–Crippen LogP) is 2.95. The molecule has 2 fully saturated rings. The van der Waals surface area contributed by atoms with Crippen LogP contribution >= 0.6 is 11.8 Å². The van der Waals surface area contributed by atoms with Gasteiger partial charge in [-0.05, 0) is 31.0 Å². The average molecular weight is 381 g/mol. The largest absolute Gasteiger partial charge is 0.315 e. The van der Waals surface area contributed by atoms with Gasteiger partial charge >= 0.3 is 0 Å². The van der Waals surface area contributed by atoms with Crippen molar-refractivity contribution in [3.8, 4) is 0 Å². The van der Waals surface area contributed by atoms with Gasteiger partial charge < -0.3 is 4.90 Å². The molecule has 0 unspecified atom stereocenters. The first-order valence-electron chi connectivity index (χ1n) is 8.35. The molecular formula is C18H24N2O3S2. The molecule has 3 rings (SSSR count). The van der Waals surface area contributed by atoms with E-state index in [9.17, 15) is 13.2 Å². The van der Waals surface area contributed by atoms with Crippen LogP contribution in [0.3, 0.4) is 0 Å². The van der Waals surface area contributed by atoms with Crippen molar-refractivity contribution in [3.05, 3.63) is 29.3 Å². The molecule has 0 aliphatic carbocycles. The van der Waals surface area contributed by atoms with E-state index in [0.717, 1.165) is 16.8 Å². The summed E-state index contributed by atoms with van der Waals surface area (Å²) in [6.45, 7) is 9.53. The average Bonchev–Trinajstić information content (AvgIpc) is 2.92. The van der Waals surface area contributed by atoms with Crippen LogP contribution in [0.2, 0.25) is 0 Å². The Morgan fingerprint density at radius 1 is 1.24 bits per heavy atom. The minimum atomic E-state index is -3.05. The molecule has 7 heteroatoms. The first-order valence-corrected chi connectivity index (χ1v) is 11.0. The Hall–Kier alpha value is -1.34. The van der Waals surface area contributed by atoms with Crippen molar-refractivity contribution in [2.45, 2.75) is 45.9 Å². The fourth-order valence-corrected chi connectivity index (χ4v) is 6.98. The fourth-order valence-electron chi connectivity index (χ4n) is 3.08. The summed E-state index contributed by atoms with van der Waals surface area (Å²) in [6, 6.07) is 5.93. The molecule has 2 atom stereocenters. The second-order valence-corrected chi connectivity index (χ2v) is 11.3. The van der Waals surface area contributed by atoms with E-state index in [2.05, 4.69) is 4.99 Å². The van der Waals surface area contributed by atoms with Crippen LogP contribution in [-0.2, 0) is 14.6 Å². The maximum Gasteiger partial charge on any atom is 0.253 e. The molecule has 0 aromatic heterocycles. The highest BCUT2D eigenvalue weighted by Crippen LogP contribution is 2.42. The zero-order chi connectivity index (χ0) is 18.6. The van der Waals surface area contributed by atoms with Gasteiger partial charge in [0, 0.05) is 16.4 Å². The number of carbonyl (C=O) groups excluding carboxylic acids is 1. The SMILES string of the molecule is Cc1ccc(C)c(N2C(=NC(=O)C(C)(C)C)S[C@@H]3CS(=O)(=O)C[C@@H]32)c1. The molecule has 1 aromatic carbocycles. The summed E-state index contributed by atoms with van der Waals surface area (Å²) in [4.78, 5) is 18.8. The number of amidine groups is 1. The number of aliphatic imine (C=N–C) groups is 1. The van der Waals surface area contributed by atoms with Crippen molar-refractivity contribution < 1.29 is 13.2 Å². The first kappa shape index (κ1) is 18.5. The third-order valence-corrected chi connectivity index (χ3v) is 7.74. The third-order valence-electron chi connectivity index (χ3n) is 4.53. The van der Waals surface area contributed by atoms with Crippen LogP contribution in [-0.4, -0.2) is 42.3 Å². The number of amides is 1. The van der Waals surface area contributed by atoms with Gasteiger partial charge in [0.15, 0.2) is 15.0 Å². The summed E-state index contributed by atoms with van der Waals surface area (Å²) in [5, 5.41) is 0.551. The molecule has 1 amide bonds. The number of fused-ring (bicyclic) bond motifs is 1. The molecule has 0 N–H and O–H groups in total. The summed E-state index contributed by atoms with van der Waals surface area (Å²) in [5.74, 6) is 0.0702. The summed E-state index contributed by atoms with van der Waals surface area (Å²) >= 11 is 1.42. The highest BCUT2D eigenvalue weighted by molar-refractivity contribution is 8.16. The van der Waals surface area contributed by atoms with Crippen molar-refractivity contribution in [1.29, 1.82) is 0 Å². The molecule has 1 aromatic rings. The zero-order valence-corrected chi connectivity index (χ0v) is 16.9. The van der Waals surface area contributed by atoms with E-state index in [4.69, 9.17) is 0 Å². The summed E-state index contributed by atoms with van der Waals surface area (Å²) in [5.41, 5.74) is 2.52. The van der Waals surface area contributed by atoms with Crippen molar-refractivity contribution in [1.82, 2.24) is 0 Å². The van der Waals surface area contributed by atoms with Crippen LogP contribution in [0.4, 0.5) is 5.69 Å². The highest BCUT2D eigenvalue weighted by Gasteiger charge is 2.49. The van der Waals surface area contributed by atoms with Crippen LogP contribution in [0.15, 0.2) is 23.2 Å². The Labute approximate surface area is 153 Å². The first-order chi connectivity index (χ1) is 11.5. The Bertz CT molecular complexity index is 854. The second-order valence-electron chi connectivity index (χ2n) is 7.91. The maximum atomic E-state index is 12.5. The zero-order valence-electron chi connectivity index (χ0n) is 15.2. The molecular weight excluding hydrogens is 356 g/mol. The Kier molecular flexibility index (Phi) is 4.52. The standard InChI is InChI=1S/C18H24N2O3S2/c1-11-6-7-12(2)13(8-11)20-14-9-25(22,23)10-15(14)24-17(20)19-16(21)18(3,4)5/h6-8,14-15H,9-10H2,1-5H3/t14-,15+/m0/s1. The minimum absolute atomic E-state index is 0.0727.